The number of fused-ring (bicyclic) bond motifs is 1. The summed E-state index contributed by atoms with van der Waals surface area (Å²) in [4.78, 5) is 35.5. The summed E-state index contributed by atoms with van der Waals surface area (Å²) in [5, 5.41) is 24.3. The summed E-state index contributed by atoms with van der Waals surface area (Å²) in [6.07, 6.45) is -5.04. The van der Waals surface area contributed by atoms with Gasteiger partial charge in [-0.15, -0.1) is 0 Å². The predicted molar refractivity (Wildman–Crippen MR) is 155 cm³/mol. The van der Waals surface area contributed by atoms with Crippen LogP contribution in [0.4, 0.5) is 37.7 Å². The van der Waals surface area contributed by atoms with E-state index < -0.39 is 30.4 Å². The zero-order valence-electron chi connectivity index (χ0n) is 24.9. The van der Waals surface area contributed by atoms with E-state index in [9.17, 15) is 31.1 Å². The van der Waals surface area contributed by atoms with E-state index in [0.717, 1.165) is 48.4 Å². The van der Waals surface area contributed by atoms with Crippen molar-refractivity contribution in [2.75, 3.05) is 44.0 Å². The van der Waals surface area contributed by atoms with E-state index in [1.807, 2.05) is 42.6 Å². The Bertz CT molecular complexity index is 1480. The second-order valence-electron chi connectivity index (χ2n) is 10.4. The molecule has 1 amide bonds. The number of H-pyrrole nitrogens is 1. The molecule has 3 aromatic rings. The minimum atomic E-state index is -5.08. The maximum Gasteiger partial charge on any atom is 0.490 e. The first-order chi connectivity index (χ1) is 22.0. The van der Waals surface area contributed by atoms with Gasteiger partial charge in [0.15, 0.2) is 11.5 Å². The Morgan fingerprint density at radius 1 is 0.936 bits per heavy atom. The van der Waals surface area contributed by atoms with Crippen molar-refractivity contribution < 1.29 is 60.4 Å². The molecule has 5 rings (SSSR count). The molecule has 2 aromatic carbocycles. The molecule has 47 heavy (non-hydrogen) atoms. The van der Waals surface area contributed by atoms with Gasteiger partial charge in [-0.1, -0.05) is 18.2 Å². The number of aromatic nitrogens is 2. The number of carbonyl (C=O) groups is 3. The number of carboxylic acids is 2. The molecule has 0 radical (unpaired) electrons. The van der Waals surface area contributed by atoms with Crippen molar-refractivity contribution in [1.82, 2.24) is 15.1 Å². The van der Waals surface area contributed by atoms with Gasteiger partial charge in [-0.3, -0.25) is 9.89 Å². The number of alkyl halides is 6. The SMILES string of the molecule is CN(C)C1CCN(c2cc(-c3cn[nH]c3)ccc2NC(=O)C2COc3ccccc3O2)CC1.O=C(O)C(F)(F)F.O=C(O)C(F)(F)F. The first kappa shape index (κ1) is 36.5. The van der Waals surface area contributed by atoms with Crippen LogP contribution in [0.25, 0.3) is 11.1 Å². The number of carbonyl (C=O) groups excluding carboxylic acids is 1. The second-order valence-corrected chi connectivity index (χ2v) is 10.4. The van der Waals surface area contributed by atoms with Gasteiger partial charge in [0.1, 0.15) is 6.61 Å². The summed E-state index contributed by atoms with van der Waals surface area (Å²) >= 11 is 0. The Morgan fingerprint density at radius 2 is 1.51 bits per heavy atom. The van der Waals surface area contributed by atoms with E-state index in [1.165, 1.54) is 0 Å². The molecular weight excluding hydrogens is 644 g/mol. The van der Waals surface area contributed by atoms with Crippen LogP contribution in [0.3, 0.4) is 0 Å². The fraction of sp³-hybridized carbons (Fsp3) is 0.379. The number of aromatic amines is 1. The molecule has 256 valence electrons. The fourth-order valence-electron chi connectivity index (χ4n) is 4.47. The van der Waals surface area contributed by atoms with Crippen LogP contribution >= 0.6 is 0 Å². The first-order valence-electron chi connectivity index (χ1n) is 13.8. The summed E-state index contributed by atoms with van der Waals surface area (Å²) in [5.74, 6) is -4.48. The van der Waals surface area contributed by atoms with Gasteiger partial charge in [-0.25, -0.2) is 9.59 Å². The third-order valence-corrected chi connectivity index (χ3v) is 6.91. The Hall–Kier alpha value is -5.00. The molecule has 0 saturated carbocycles. The smallest absolute Gasteiger partial charge is 0.485 e. The summed E-state index contributed by atoms with van der Waals surface area (Å²) in [6, 6.07) is 14.1. The lowest BCUT2D eigenvalue weighted by molar-refractivity contribution is -0.193. The van der Waals surface area contributed by atoms with Crippen molar-refractivity contribution in [3.8, 4) is 22.6 Å². The molecule has 18 heteroatoms. The number of hydrogen-bond donors (Lipinski definition) is 4. The summed E-state index contributed by atoms with van der Waals surface area (Å²) in [7, 11) is 4.27. The lowest BCUT2D eigenvalue weighted by atomic mass is 10.0. The number of para-hydroxylation sites is 2. The molecule has 1 atom stereocenters. The van der Waals surface area contributed by atoms with Crippen LogP contribution < -0.4 is 19.7 Å². The Labute approximate surface area is 263 Å². The lowest BCUT2D eigenvalue weighted by Crippen LogP contribution is -2.43. The van der Waals surface area contributed by atoms with Gasteiger partial charge in [0.25, 0.3) is 5.91 Å². The van der Waals surface area contributed by atoms with Crippen LogP contribution in [0.2, 0.25) is 0 Å². The van der Waals surface area contributed by atoms with Gasteiger partial charge < -0.3 is 34.8 Å². The topological polar surface area (TPSA) is 157 Å². The lowest BCUT2D eigenvalue weighted by Gasteiger charge is -2.37. The highest BCUT2D eigenvalue weighted by Gasteiger charge is 2.39. The highest BCUT2D eigenvalue weighted by Crippen LogP contribution is 2.35. The summed E-state index contributed by atoms with van der Waals surface area (Å²) in [5.41, 5.74) is 3.85. The molecule has 1 aromatic heterocycles. The third kappa shape index (κ3) is 10.5. The number of anilines is 2. The van der Waals surface area contributed by atoms with Gasteiger partial charge >= 0.3 is 24.3 Å². The van der Waals surface area contributed by atoms with Crippen molar-refractivity contribution in [3.63, 3.8) is 0 Å². The average Bonchev–Trinajstić information content (AvgIpc) is 3.56. The van der Waals surface area contributed by atoms with E-state index in [-0.39, 0.29) is 12.5 Å². The molecule has 1 saturated heterocycles. The quantitative estimate of drug-likeness (QED) is 0.281. The maximum absolute atomic E-state index is 13.1. The van der Waals surface area contributed by atoms with Crippen LogP contribution in [-0.2, 0) is 14.4 Å². The molecule has 1 unspecified atom stereocenters. The highest BCUT2D eigenvalue weighted by molar-refractivity contribution is 5.98. The van der Waals surface area contributed by atoms with Crippen LogP contribution in [-0.4, -0.2) is 101 Å². The van der Waals surface area contributed by atoms with E-state index in [0.29, 0.717) is 17.5 Å². The number of nitrogens with zero attached hydrogens (tertiary/aromatic N) is 3. The Balaban J connectivity index is 0.000000360. The maximum atomic E-state index is 13.1. The van der Waals surface area contributed by atoms with Gasteiger partial charge in [0.2, 0.25) is 6.10 Å². The molecule has 2 aliphatic heterocycles. The minimum absolute atomic E-state index is 0.180. The van der Waals surface area contributed by atoms with Gasteiger partial charge in [0, 0.05) is 30.9 Å². The van der Waals surface area contributed by atoms with Crippen molar-refractivity contribution in [2.24, 2.45) is 0 Å². The predicted octanol–water partition coefficient (Wildman–Crippen LogP) is 4.65. The van der Waals surface area contributed by atoms with Gasteiger partial charge in [-0.2, -0.15) is 31.4 Å². The van der Waals surface area contributed by atoms with E-state index >= 15 is 0 Å². The molecule has 4 N–H and O–H groups in total. The molecule has 1 fully saturated rings. The second kappa shape index (κ2) is 15.5. The largest absolute Gasteiger partial charge is 0.490 e. The third-order valence-electron chi connectivity index (χ3n) is 6.91. The molecule has 2 aliphatic rings. The van der Waals surface area contributed by atoms with E-state index in [2.05, 4.69) is 45.5 Å². The molecule has 0 spiro atoms. The Kier molecular flexibility index (Phi) is 12.0. The summed E-state index contributed by atoms with van der Waals surface area (Å²) in [6.45, 7) is 2.04. The fourth-order valence-corrected chi connectivity index (χ4v) is 4.47. The van der Waals surface area contributed by atoms with Gasteiger partial charge in [-0.05, 0) is 56.8 Å². The number of benzene rings is 2. The minimum Gasteiger partial charge on any atom is -0.485 e. The molecule has 12 nitrogen and oxygen atoms in total. The average molecular weight is 676 g/mol. The number of nitrogens with one attached hydrogen (secondary N) is 2. The number of halogens is 6. The summed E-state index contributed by atoms with van der Waals surface area (Å²) < 4.78 is 75.1. The molecule has 0 bridgehead atoms. The van der Waals surface area contributed by atoms with E-state index in [4.69, 9.17) is 29.3 Å². The number of aliphatic carboxylic acids is 2. The van der Waals surface area contributed by atoms with Gasteiger partial charge in [0.05, 0.1) is 17.6 Å². The molecular formula is C29H31F6N5O7. The van der Waals surface area contributed by atoms with Crippen LogP contribution in [0.15, 0.2) is 54.9 Å². The van der Waals surface area contributed by atoms with Crippen molar-refractivity contribution >= 4 is 29.2 Å². The molecule has 0 aliphatic carbocycles. The monoisotopic (exact) mass is 675 g/mol. The van der Waals surface area contributed by atoms with Crippen molar-refractivity contribution in [2.45, 2.75) is 37.3 Å². The number of carboxylic acid groups (broad SMARTS) is 2. The van der Waals surface area contributed by atoms with Crippen molar-refractivity contribution in [1.29, 1.82) is 0 Å². The van der Waals surface area contributed by atoms with Crippen LogP contribution in [0.5, 0.6) is 11.5 Å². The normalized spacial score (nSPS) is 16.3. The number of piperidine rings is 1. The first-order valence-corrected chi connectivity index (χ1v) is 13.8. The number of amides is 1. The van der Waals surface area contributed by atoms with Crippen LogP contribution in [0.1, 0.15) is 12.8 Å². The Morgan fingerprint density at radius 3 is 2.02 bits per heavy atom. The zero-order valence-corrected chi connectivity index (χ0v) is 24.9. The zero-order chi connectivity index (χ0) is 34.9. The van der Waals surface area contributed by atoms with Crippen LogP contribution in [0, 0.1) is 0 Å². The molecule has 3 heterocycles. The number of ether oxygens (including phenoxy) is 2. The van der Waals surface area contributed by atoms with E-state index in [1.54, 1.807) is 6.20 Å². The standard InChI is InChI=1S/C25H29N5O3.2C2HF3O2/c1-29(2)19-9-11-30(12-10-19)21-13-17(18-14-26-27-15-18)7-8-20(21)28-25(31)24-16-32-22-5-3-4-6-23(22)33-24;2*3-2(4,5)1(6)7/h3-8,13-15,19,24H,9-12,16H2,1-2H3,(H,26,27)(H,28,31);2*(H,6,7). The number of hydrogen-bond acceptors (Lipinski definition) is 8. The number of rotatable bonds is 5. The van der Waals surface area contributed by atoms with Crippen molar-refractivity contribution in [3.05, 3.63) is 54.9 Å². The highest BCUT2D eigenvalue weighted by atomic mass is 19.4.